The van der Waals surface area contributed by atoms with E-state index in [1.807, 2.05) is 24.1 Å². The maximum atomic E-state index is 12.7. The minimum absolute atomic E-state index is 0.0560. The van der Waals surface area contributed by atoms with Crippen molar-refractivity contribution in [1.82, 2.24) is 15.3 Å². The van der Waals surface area contributed by atoms with E-state index < -0.39 is 5.56 Å². The molecule has 0 radical (unpaired) electrons. The Morgan fingerprint density at radius 2 is 2.06 bits per heavy atom. The van der Waals surface area contributed by atoms with Crippen molar-refractivity contribution < 1.29 is 14.6 Å². The number of nitrogens with zero attached hydrogens (tertiary/aromatic N) is 3. The molecule has 1 aliphatic rings. The van der Waals surface area contributed by atoms with Crippen LogP contribution in [0.2, 0.25) is 0 Å². The second-order valence-corrected chi connectivity index (χ2v) is 7.77. The van der Waals surface area contributed by atoms with E-state index in [9.17, 15) is 9.90 Å². The molecule has 3 N–H and O–H groups in total. The summed E-state index contributed by atoms with van der Waals surface area (Å²) in [7, 11) is 4.72. The van der Waals surface area contributed by atoms with Crippen LogP contribution in [-0.4, -0.2) is 55.3 Å². The lowest BCUT2D eigenvalue weighted by molar-refractivity contribution is 0.335. The summed E-state index contributed by atoms with van der Waals surface area (Å²) in [4.78, 5) is 26.3. The number of phenolic OH excluding ortho intramolecular Hbond substituents is 1. The van der Waals surface area contributed by atoms with Crippen LogP contribution in [0.1, 0.15) is 24.0 Å². The number of rotatable bonds is 7. The number of phenols is 1. The Balaban J connectivity index is 1.64. The number of anilines is 1. The van der Waals surface area contributed by atoms with Crippen molar-refractivity contribution in [3.8, 4) is 17.2 Å². The molecule has 1 unspecified atom stereocenters. The Kier molecular flexibility index (Phi) is 5.89. The number of hydrogen-bond acceptors (Lipinski definition) is 8. The molecular formula is C23H27N5O4. The standard InChI is InChI=1S/C23H27N5O4/c1-13(21-24-8-9-25-21)15-7-5-6-14(10-15)12-28(2)23-26-16-11-17(31-3)20(32-4)19(29)18(16)22(30)27-23/h5-7,10-11,13,29H,8-9,12H2,1-4H3,(H,24,25)(H,26,27,30). The van der Waals surface area contributed by atoms with Crippen LogP contribution in [0.15, 0.2) is 40.1 Å². The first-order valence-electron chi connectivity index (χ1n) is 10.4. The zero-order valence-electron chi connectivity index (χ0n) is 18.6. The van der Waals surface area contributed by atoms with Gasteiger partial charge in [-0.2, -0.15) is 4.98 Å². The van der Waals surface area contributed by atoms with Crippen LogP contribution in [-0.2, 0) is 6.54 Å². The summed E-state index contributed by atoms with van der Waals surface area (Å²) < 4.78 is 10.5. The largest absolute Gasteiger partial charge is 0.504 e. The van der Waals surface area contributed by atoms with Gasteiger partial charge < -0.3 is 29.8 Å². The molecule has 1 aliphatic heterocycles. The lowest BCUT2D eigenvalue weighted by Crippen LogP contribution is -2.24. The molecule has 0 amide bonds. The van der Waals surface area contributed by atoms with Crippen molar-refractivity contribution in [2.75, 3.05) is 39.3 Å². The van der Waals surface area contributed by atoms with Crippen molar-refractivity contribution >= 4 is 22.7 Å². The molecule has 1 atom stereocenters. The van der Waals surface area contributed by atoms with Gasteiger partial charge in [-0.1, -0.05) is 31.2 Å². The number of aromatic amines is 1. The van der Waals surface area contributed by atoms with Crippen molar-refractivity contribution in [2.24, 2.45) is 4.99 Å². The van der Waals surface area contributed by atoms with E-state index in [2.05, 4.69) is 39.3 Å². The number of nitrogens with one attached hydrogen (secondary N) is 2. The number of methoxy groups -OCH3 is 2. The third-order valence-corrected chi connectivity index (χ3v) is 5.65. The van der Waals surface area contributed by atoms with Crippen molar-refractivity contribution in [3.05, 3.63) is 51.8 Å². The van der Waals surface area contributed by atoms with Crippen LogP contribution in [0.5, 0.6) is 17.2 Å². The Bertz CT molecular complexity index is 1240. The van der Waals surface area contributed by atoms with Gasteiger partial charge in [0.25, 0.3) is 5.56 Å². The highest BCUT2D eigenvalue weighted by atomic mass is 16.5. The number of benzene rings is 2. The minimum Gasteiger partial charge on any atom is -0.504 e. The van der Waals surface area contributed by atoms with Gasteiger partial charge in [0.15, 0.2) is 11.5 Å². The molecule has 0 fully saturated rings. The molecule has 0 saturated heterocycles. The van der Waals surface area contributed by atoms with E-state index in [0.717, 1.165) is 24.5 Å². The lowest BCUT2D eigenvalue weighted by Gasteiger charge is -2.20. The molecule has 9 nitrogen and oxygen atoms in total. The van der Waals surface area contributed by atoms with E-state index in [-0.39, 0.29) is 22.8 Å². The molecule has 4 rings (SSSR count). The van der Waals surface area contributed by atoms with E-state index in [4.69, 9.17) is 9.47 Å². The Morgan fingerprint density at radius 1 is 1.25 bits per heavy atom. The molecule has 9 heteroatoms. The molecule has 2 aromatic carbocycles. The van der Waals surface area contributed by atoms with Gasteiger partial charge in [0.2, 0.25) is 11.7 Å². The number of hydrogen-bond donors (Lipinski definition) is 3. The van der Waals surface area contributed by atoms with Gasteiger partial charge in [-0.25, -0.2) is 0 Å². The van der Waals surface area contributed by atoms with E-state index >= 15 is 0 Å². The first-order valence-corrected chi connectivity index (χ1v) is 10.4. The fourth-order valence-electron chi connectivity index (χ4n) is 3.95. The normalized spacial score (nSPS) is 14.1. The van der Waals surface area contributed by atoms with Gasteiger partial charge in [0.1, 0.15) is 11.2 Å². The summed E-state index contributed by atoms with van der Waals surface area (Å²) in [5.74, 6) is 1.70. The zero-order valence-corrected chi connectivity index (χ0v) is 18.6. The minimum atomic E-state index is -0.549. The van der Waals surface area contributed by atoms with Gasteiger partial charge in [-0.05, 0) is 11.1 Å². The zero-order chi connectivity index (χ0) is 22.8. The summed E-state index contributed by atoms with van der Waals surface area (Å²) in [6, 6.07) is 9.91. The highest BCUT2D eigenvalue weighted by Crippen LogP contribution is 2.40. The summed E-state index contributed by atoms with van der Waals surface area (Å²) >= 11 is 0. The monoisotopic (exact) mass is 437 g/mol. The SMILES string of the molecule is COc1cc2[nH]c(N(C)Cc3cccc(C(C)C4=NCCN4)c3)nc(=O)c2c(O)c1OC. The molecule has 0 saturated carbocycles. The third kappa shape index (κ3) is 3.93. The number of aromatic nitrogens is 2. The summed E-state index contributed by atoms with van der Waals surface area (Å²) in [6.07, 6.45) is 0. The van der Waals surface area contributed by atoms with Crippen LogP contribution >= 0.6 is 0 Å². The Labute approximate surface area is 185 Å². The molecule has 168 valence electrons. The molecule has 32 heavy (non-hydrogen) atoms. The average Bonchev–Trinajstić information content (AvgIpc) is 3.33. The fourth-order valence-corrected chi connectivity index (χ4v) is 3.95. The van der Waals surface area contributed by atoms with Gasteiger partial charge in [0, 0.05) is 32.1 Å². The maximum absolute atomic E-state index is 12.7. The first kappa shape index (κ1) is 21.5. The van der Waals surface area contributed by atoms with Crippen LogP contribution in [0.4, 0.5) is 5.95 Å². The smallest absolute Gasteiger partial charge is 0.286 e. The van der Waals surface area contributed by atoms with Crippen LogP contribution in [0.25, 0.3) is 10.9 Å². The van der Waals surface area contributed by atoms with Crippen LogP contribution < -0.4 is 25.2 Å². The van der Waals surface area contributed by atoms with Crippen molar-refractivity contribution in [3.63, 3.8) is 0 Å². The summed E-state index contributed by atoms with van der Waals surface area (Å²) in [6.45, 7) is 4.37. The topological polar surface area (TPSA) is 112 Å². The predicted molar refractivity (Wildman–Crippen MR) is 124 cm³/mol. The molecular weight excluding hydrogens is 410 g/mol. The highest BCUT2D eigenvalue weighted by Gasteiger charge is 2.20. The molecule has 0 bridgehead atoms. The summed E-state index contributed by atoms with van der Waals surface area (Å²) in [5, 5.41) is 13.9. The van der Waals surface area contributed by atoms with Crippen molar-refractivity contribution in [1.29, 1.82) is 0 Å². The van der Waals surface area contributed by atoms with Crippen molar-refractivity contribution in [2.45, 2.75) is 19.4 Å². The third-order valence-electron chi connectivity index (χ3n) is 5.65. The van der Waals surface area contributed by atoms with Gasteiger partial charge in [-0.15, -0.1) is 0 Å². The number of aliphatic imine (C=N–C) groups is 1. The highest BCUT2D eigenvalue weighted by molar-refractivity contribution is 5.90. The van der Waals surface area contributed by atoms with E-state index in [0.29, 0.717) is 23.8 Å². The number of H-pyrrole nitrogens is 1. The van der Waals surface area contributed by atoms with Crippen LogP contribution in [0, 0.1) is 0 Å². The van der Waals surface area contributed by atoms with Gasteiger partial charge in [0.05, 0.1) is 26.3 Å². The maximum Gasteiger partial charge on any atom is 0.286 e. The summed E-state index contributed by atoms with van der Waals surface area (Å²) in [5.41, 5.74) is 2.11. The Morgan fingerprint density at radius 3 is 2.75 bits per heavy atom. The Hall–Kier alpha value is -3.75. The molecule has 0 aliphatic carbocycles. The number of amidine groups is 1. The molecule has 3 aromatic rings. The van der Waals surface area contributed by atoms with Crippen LogP contribution in [0.3, 0.4) is 0 Å². The second kappa shape index (κ2) is 8.78. The predicted octanol–water partition coefficient (Wildman–Crippen LogP) is 2.39. The van der Waals surface area contributed by atoms with Gasteiger partial charge >= 0.3 is 0 Å². The number of ether oxygens (including phenoxy) is 2. The lowest BCUT2D eigenvalue weighted by atomic mass is 9.98. The quantitative estimate of drug-likeness (QED) is 0.520. The van der Waals surface area contributed by atoms with E-state index in [1.54, 1.807) is 6.07 Å². The molecule has 2 heterocycles. The number of fused-ring (bicyclic) bond motifs is 1. The van der Waals surface area contributed by atoms with Gasteiger partial charge in [-0.3, -0.25) is 9.79 Å². The second-order valence-electron chi connectivity index (χ2n) is 7.77. The fraction of sp³-hybridized carbons (Fsp3) is 0.348. The molecule has 0 spiro atoms. The number of aromatic hydroxyl groups is 1. The molecule has 1 aromatic heterocycles. The van der Waals surface area contributed by atoms with E-state index in [1.165, 1.54) is 19.8 Å². The average molecular weight is 438 g/mol. The first-order chi connectivity index (χ1) is 15.4.